The van der Waals surface area contributed by atoms with Gasteiger partial charge in [0.2, 0.25) is 5.91 Å². The largest absolute Gasteiger partial charge is 0.294 e. The molecule has 1 unspecified atom stereocenters. The van der Waals surface area contributed by atoms with Gasteiger partial charge in [0.25, 0.3) is 5.69 Å². The molecule has 148 valence electrons. The fraction of sp³-hybridized carbons (Fsp3) is 0.238. The third-order valence-corrected chi connectivity index (χ3v) is 5.63. The van der Waals surface area contributed by atoms with Crippen LogP contribution in [-0.4, -0.2) is 16.6 Å². The summed E-state index contributed by atoms with van der Waals surface area (Å²) in [6.07, 6.45) is 1.52. The predicted molar refractivity (Wildman–Crippen MR) is 105 cm³/mol. The van der Waals surface area contributed by atoms with Crippen molar-refractivity contribution in [2.24, 2.45) is 0 Å². The van der Waals surface area contributed by atoms with Crippen LogP contribution in [0.2, 0.25) is 5.02 Å². The summed E-state index contributed by atoms with van der Waals surface area (Å²) < 4.78 is 13.3. The summed E-state index contributed by atoms with van der Waals surface area (Å²) in [5.74, 6) is -1.14. The first-order chi connectivity index (χ1) is 13.9. The summed E-state index contributed by atoms with van der Waals surface area (Å²) >= 11 is 6.26. The van der Waals surface area contributed by atoms with E-state index in [-0.39, 0.29) is 34.6 Å². The van der Waals surface area contributed by atoms with Gasteiger partial charge in [0.15, 0.2) is 5.78 Å². The zero-order chi connectivity index (χ0) is 20.7. The van der Waals surface area contributed by atoms with Crippen LogP contribution in [0.5, 0.6) is 0 Å². The van der Waals surface area contributed by atoms with Gasteiger partial charge in [-0.15, -0.1) is 0 Å². The highest BCUT2D eigenvalue weighted by Crippen LogP contribution is 2.45. The average Bonchev–Trinajstić information content (AvgIpc) is 2.68. The van der Waals surface area contributed by atoms with E-state index in [0.717, 1.165) is 0 Å². The molecule has 8 heteroatoms. The maximum atomic E-state index is 13.3. The number of allylic oxidation sites excluding steroid dienone is 2. The van der Waals surface area contributed by atoms with Crippen molar-refractivity contribution in [3.05, 3.63) is 80.3 Å². The van der Waals surface area contributed by atoms with Crippen molar-refractivity contribution in [3.63, 3.8) is 0 Å². The first-order valence-electron chi connectivity index (χ1n) is 9.15. The lowest BCUT2D eigenvalue weighted by Gasteiger charge is -2.38. The normalized spacial score (nSPS) is 19.4. The van der Waals surface area contributed by atoms with E-state index in [2.05, 4.69) is 0 Å². The van der Waals surface area contributed by atoms with E-state index >= 15 is 0 Å². The van der Waals surface area contributed by atoms with Gasteiger partial charge >= 0.3 is 0 Å². The number of Topliss-reactive ketones (excluding diaryl/α,β-unsaturated/α-hetero) is 1. The molecule has 1 aliphatic carbocycles. The highest BCUT2D eigenvalue weighted by molar-refractivity contribution is 6.34. The standard InChI is InChI=1S/C21H16ClFN2O4/c22-16-10-14(25(28)29)8-9-17(16)24-18-2-1-3-19(26)21(18)15(11-20(24)27)12-4-6-13(23)7-5-12/h4-10,15H,1-3,11H2. The molecular weight excluding hydrogens is 399 g/mol. The molecule has 1 atom stereocenters. The number of anilines is 1. The number of carbonyl (C=O) groups is 2. The number of hydrogen-bond acceptors (Lipinski definition) is 4. The second kappa shape index (κ2) is 7.40. The van der Waals surface area contributed by atoms with Gasteiger partial charge in [0, 0.05) is 42.2 Å². The predicted octanol–water partition coefficient (Wildman–Crippen LogP) is 4.91. The number of halogens is 2. The van der Waals surface area contributed by atoms with Crippen LogP contribution in [0.4, 0.5) is 15.8 Å². The van der Waals surface area contributed by atoms with Gasteiger partial charge in [0.1, 0.15) is 5.82 Å². The number of hydrogen-bond donors (Lipinski definition) is 0. The molecule has 2 aromatic carbocycles. The zero-order valence-corrected chi connectivity index (χ0v) is 16.0. The number of ketones is 1. The highest BCUT2D eigenvalue weighted by atomic mass is 35.5. The van der Waals surface area contributed by atoms with Gasteiger partial charge in [-0.2, -0.15) is 0 Å². The van der Waals surface area contributed by atoms with Crippen LogP contribution < -0.4 is 4.90 Å². The Labute approximate surface area is 170 Å². The van der Waals surface area contributed by atoms with Crippen molar-refractivity contribution in [2.45, 2.75) is 31.6 Å². The van der Waals surface area contributed by atoms with Crippen molar-refractivity contribution in [1.29, 1.82) is 0 Å². The van der Waals surface area contributed by atoms with Crippen LogP contribution in [0, 0.1) is 15.9 Å². The molecule has 1 aliphatic heterocycles. The molecule has 0 saturated carbocycles. The Morgan fingerprint density at radius 1 is 1.10 bits per heavy atom. The highest BCUT2D eigenvalue weighted by Gasteiger charge is 2.40. The Hall–Kier alpha value is -3.06. The minimum absolute atomic E-state index is 0.0313. The lowest BCUT2D eigenvalue weighted by atomic mass is 9.77. The fourth-order valence-corrected chi connectivity index (χ4v) is 4.30. The van der Waals surface area contributed by atoms with Crippen LogP contribution in [0.25, 0.3) is 0 Å². The minimum Gasteiger partial charge on any atom is -0.294 e. The SMILES string of the molecule is O=C1CCCC2=C1C(c1ccc(F)cc1)CC(=O)N2c1ccc([N+](=O)[O-])cc1Cl. The van der Waals surface area contributed by atoms with Crippen molar-refractivity contribution >= 4 is 34.7 Å². The monoisotopic (exact) mass is 414 g/mol. The molecule has 0 aromatic heterocycles. The molecular formula is C21H16ClFN2O4. The number of nitrogens with zero attached hydrogens (tertiary/aromatic N) is 2. The van der Waals surface area contributed by atoms with Crippen LogP contribution in [0.15, 0.2) is 53.7 Å². The van der Waals surface area contributed by atoms with Crippen molar-refractivity contribution in [2.75, 3.05) is 4.90 Å². The Kier molecular flexibility index (Phi) is 4.92. The van der Waals surface area contributed by atoms with Crippen molar-refractivity contribution in [1.82, 2.24) is 0 Å². The zero-order valence-electron chi connectivity index (χ0n) is 15.2. The average molecular weight is 415 g/mol. The van der Waals surface area contributed by atoms with Gasteiger partial charge in [-0.05, 0) is 36.6 Å². The number of amides is 1. The van der Waals surface area contributed by atoms with Crippen molar-refractivity contribution in [3.8, 4) is 0 Å². The maximum absolute atomic E-state index is 13.3. The summed E-state index contributed by atoms with van der Waals surface area (Å²) in [4.78, 5) is 37.7. The lowest BCUT2D eigenvalue weighted by molar-refractivity contribution is -0.384. The smallest absolute Gasteiger partial charge is 0.271 e. The molecule has 0 spiro atoms. The molecule has 0 fully saturated rings. The molecule has 0 bridgehead atoms. The van der Waals surface area contributed by atoms with E-state index in [1.807, 2.05) is 0 Å². The first-order valence-corrected chi connectivity index (χ1v) is 9.53. The second-order valence-electron chi connectivity index (χ2n) is 7.07. The summed E-state index contributed by atoms with van der Waals surface area (Å²) in [5, 5.41) is 11.1. The topological polar surface area (TPSA) is 80.5 Å². The molecule has 0 N–H and O–H groups in total. The molecule has 1 heterocycles. The third-order valence-electron chi connectivity index (χ3n) is 5.33. The third kappa shape index (κ3) is 3.42. The van der Waals surface area contributed by atoms with Gasteiger partial charge < -0.3 is 0 Å². The Balaban J connectivity index is 1.84. The first kappa shape index (κ1) is 19.3. The molecule has 2 aromatic rings. The molecule has 0 radical (unpaired) electrons. The quantitative estimate of drug-likeness (QED) is 0.527. The minimum atomic E-state index is -0.562. The molecule has 0 saturated heterocycles. The summed E-state index contributed by atoms with van der Waals surface area (Å²) in [6.45, 7) is 0. The molecule has 4 rings (SSSR count). The summed E-state index contributed by atoms with van der Waals surface area (Å²) in [7, 11) is 0. The van der Waals surface area contributed by atoms with Gasteiger partial charge in [-0.25, -0.2) is 4.39 Å². The number of carbonyl (C=O) groups excluding carboxylic acids is 2. The summed E-state index contributed by atoms with van der Waals surface area (Å²) in [5.41, 5.74) is 1.96. The fourth-order valence-electron chi connectivity index (χ4n) is 4.04. The number of nitro benzene ring substituents is 1. The lowest BCUT2D eigenvalue weighted by Crippen LogP contribution is -2.40. The number of non-ortho nitro benzene ring substituents is 1. The number of benzene rings is 2. The van der Waals surface area contributed by atoms with Crippen LogP contribution >= 0.6 is 11.6 Å². The van der Waals surface area contributed by atoms with E-state index in [0.29, 0.717) is 41.8 Å². The van der Waals surface area contributed by atoms with Gasteiger partial charge in [-0.1, -0.05) is 23.7 Å². The molecule has 29 heavy (non-hydrogen) atoms. The summed E-state index contributed by atoms with van der Waals surface area (Å²) in [6, 6.07) is 9.72. The van der Waals surface area contributed by atoms with E-state index in [1.54, 1.807) is 12.1 Å². The number of rotatable bonds is 3. The molecule has 2 aliphatic rings. The van der Waals surface area contributed by atoms with Crippen LogP contribution in [0.1, 0.15) is 37.2 Å². The van der Waals surface area contributed by atoms with Crippen LogP contribution in [-0.2, 0) is 9.59 Å². The van der Waals surface area contributed by atoms with E-state index in [9.17, 15) is 24.1 Å². The Morgan fingerprint density at radius 2 is 1.83 bits per heavy atom. The van der Waals surface area contributed by atoms with E-state index in [4.69, 9.17) is 11.6 Å². The maximum Gasteiger partial charge on any atom is 0.271 e. The van der Waals surface area contributed by atoms with E-state index < -0.39 is 10.8 Å². The van der Waals surface area contributed by atoms with Crippen molar-refractivity contribution < 1.29 is 18.9 Å². The molecule has 6 nitrogen and oxygen atoms in total. The second-order valence-corrected chi connectivity index (χ2v) is 7.47. The number of nitro groups is 1. The Bertz CT molecular complexity index is 1060. The van der Waals surface area contributed by atoms with Gasteiger partial charge in [-0.3, -0.25) is 24.6 Å². The van der Waals surface area contributed by atoms with E-state index in [1.165, 1.54) is 35.2 Å². The van der Waals surface area contributed by atoms with Gasteiger partial charge in [0.05, 0.1) is 15.6 Å². The van der Waals surface area contributed by atoms with Crippen LogP contribution in [0.3, 0.4) is 0 Å². The Morgan fingerprint density at radius 3 is 2.48 bits per heavy atom. The molecule has 1 amide bonds.